The lowest BCUT2D eigenvalue weighted by molar-refractivity contribution is 0.0819. The van der Waals surface area contributed by atoms with Gasteiger partial charge in [0.25, 0.3) is 0 Å². The summed E-state index contributed by atoms with van der Waals surface area (Å²) in [6.07, 6.45) is 2.05. The van der Waals surface area contributed by atoms with Gasteiger partial charge in [-0.05, 0) is 53.6 Å². The maximum Gasteiger partial charge on any atom is 0.322 e. The minimum Gasteiger partial charge on any atom is -0.376 e. The van der Waals surface area contributed by atoms with Gasteiger partial charge in [-0.15, -0.1) is 0 Å². The van der Waals surface area contributed by atoms with Crippen LogP contribution in [0.5, 0.6) is 0 Å². The summed E-state index contributed by atoms with van der Waals surface area (Å²) < 4.78 is 18.8. The van der Waals surface area contributed by atoms with Crippen molar-refractivity contribution in [2.45, 2.75) is 51.7 Å². The average molecular weight is 384 g/mol. The number of halogens is 1. The fraction of sp³-hybridized carbons (Fsp3) is 0.435. The third-order valence-corrected chi connectivity index (χ3v) is 5.02. The average Bonchev–Trinajstić information content (AvgIpc) is 3.16. The Bertz CT molecular complexity index is 776. The highest BCUT2D eigenvalue weighted by Gasteiger charge is 2.23. The minimum atomic E-state index is -0.326. The largest absolute Gasteiger partial charge is 0.376 e. The van der Waals surface area contributed by atoms with Crippen LogP contribution in [0.1, 0.15) is 44.7 Å². The number of urea groups is 1. The van der Waals surface area contributed by atoms with E-state index in [-0.39, 0.29) is 23.4 Å². The van der Waals surface area contributed by atoms with E-state index < -0.39 is 0 Å². The predicted octanol–water partition coefficient (Wildman–Crippen LogP) is 5.34. The van der Waals surface area contributed by atoms with Gasteiger partial charge in [0, 0.05) is 25.4 Å². The van der Waals surface area contributed by atoms with Gasteiger partial charge in [-0.3, -0.25) is 0 Å². The molecule has 0 bridgehead atoms. The molecule has 1 N–H and O–H groups in total. The number of benzene rings is 2. The summed E-state index contributed by atoms with van der Waals surface area (Å²) in [5.74, 6) is -0.326. The maximum atomic E-state index is 13.1. The number of nitrogens with zero attached hydrogens (tertiary/aromatic N) is 1. The molecular weight excluding hydrogens is 355 g/mol. The molecule has 1 heterocycles. The van der Waals surface area contributed by atoms with Crippen LogP contribution < -0.4 is 5.32 Å². The van der Waals surface area contributed by atoms with Crippen LogP contribution in [0.2, 0.25) is 0 Å². The quantitative estimate of drug-likeness (QED) is 0.756. The molecule has 1 fully saturated rings. The van der Waals surface area contributed by atoms with Gasteiger partial charge in [0.2, 0.25) is 0 Å². The Hall–Kier alpha value is -2.40. The van der Waals surface area contributed by atoms with Crippen molar-refractivity contribution in [1.29, 1.82) is 0 Å². The first-order valence-corrected chi connectivity index (χ1v) is 9.84. The van der Waals surface area contributed by atoms with Gasteiger partial charge in [-0.1, -0.05) is 45.0 Å². The van der Waals surface area contributed by atoms with Gasteiger partial charge in [0.1, 0.15) is 5.82 Å². The predicted molar refractivity (Wildman–Crippen MR) is 110 cm³/mol. The van der Waals surface area contributed by atoms with Crippen molar-refractivity contribution in [2.24, 2.45) is 0 Å². The van der Waals surface area contributed by atoms with Crippen molar-refractivity contribution < 1.29 is 13.9 Å². The molecule has 0 aliphatic carbocycles. The lowest BCUT2D eigenvalue weighted by atomic mass is 9.87. The molecule has 28 heavy (non-hydrogen) atoms. The molecule has 5 heteroatoms. The molecule has 0 aromatic heterocycles. The zero-order valence-corrected chi connectivity index (χ0v) is 16.9. The zero-order chi connectivity index (χ0) is 20.1. The second-order valence-corrected chi connectivity index (χ2v) is 8.40. The molecule has 2 aromatic rings. The molecule has 0 saturated carbocycles. The van der Waals surface area contributed by atoms with E-state index in [2.05, 4.69) is 50.4 Å². The minimum absolute atomic E-state index is 0.0628. The van der Waals surface area contributed by atoms with Crippen LogP contribution in [0, 0.1) is 5.82 Å². The van der Waals surface area contributed by atoms with E-state index in [1.165, 1.54) is 17.7 Å². The third-order valence-electron chi connectivity index (χ3n) is 5.02. The van der Waals surface area contributed by atoms with Crippen molar-refractivity contribution in [3.8, 4) is 0 Å². The van der Waals surface area contributed by atoms with Crippen molar-refractivity contribution in [3.05, 3.63) is 65.5 Å². The molecule has 2 aromatic carbocycles. The van der Waals surface area contributed by atoms with Gasteiger partial charge in [-0.25, -0.2) is 9.18 Å². The Morgan fingerprint density at radius 3 is 2.39 bits per heavy atom. The van der Waals surface area contributed by atoms with Gasteiger partial charge < -0.3 is 15.0 Å². The van der Waals surface area contributed by atoms with Crippen molar-refractivity contribution in [2.75, 3.05) is 18.5 Å². The Balaban J connectivity index is 1.72. The van der Waals surface area contributed by atoms with E-state index in [0.717, 1.165) is 25.0 Å². The molecule has 0 unspecified atom stereocenters. The molecule has 1 atom stereocenters. The molecule has 1 aliphatic heterocycles. The Morgan fingerprint density at radius 1 is 1.14 bits per heavy atom. The molecule has 1 aliphatic rings. The fourth-order valence-corrected chi connectivity index (χ4v) is 3.32. The first-order chi connectivity index (χ1) is 13.3. The summed E-state index contributed by atoms with van der Waals surface area (Å²) in [4.78, 5) is 14.7. The van der Waals surface area contributed by atoms with E-state index in [1.807, 2.05) is 0 Å². The molecule has 3 rings (SSSR count). The number of ether oxygens (including phenoxy) is 1. The topological polar surface area (TPSA) is 41.6 Å². The number of rotatable bonds is 5. The monoisotopic (exact) mass is 384 g/mol. The Labute approximate surface area is 166 Å². The third kappa shape index (κ3) is 5.55. The van der Waals surface area contributed by atoms with Crippen LogP contribution in [0.15, 0.2) is 48.5 Å². The molecule has 150 valence electrons. The second kappa shape index (κ2) is 8.74. The number of hydrogen-bond acceptors (Lipinski definition) is 2. The van der Waals surface area contributed by atoms with E-state index in [4.69, 9.17) is 4.74 Å². The molecule has 4 nitrogen and oxygen atoms in total. The second-order valence-electron chi connectivity index (χ2n) is 8.40. The number of anilines is 1. The van der Waals surface area contributed by atoms with Crippen molar-refractivity contribution >= 4 is 11.7 Å². The first kappa shape index (κ1) is 20.3. The first-order valence-electron chi connectivity index (χ1n) is 9.84. The van der Waals surface area contributed by atoms with Crippen LogP contribution in [0.25, 0.3) is 0 Å². The summed E-state index contributed by atoms with van der Waals surface area (Å²) in [6.45, 7) is 8.33. The lowest BCUT2D eigenvalue weighted by Crippen LogP contribution is -2.39. The molecule has 0 radical (unpaired) electrons. The maximum absolute atomic E-state index is 13.1. The summed E-state index contributed by atoms with van der Waals surface area (Å²) in [5.41, 5.74) is 3.00. The van der Waals surface area contributed by atoms with Gasteiger partial charge >= 0.3 is 6.03 Å². The van der Waals surface area contributed by atoms with Gasteiger partial charge in [0.15, 0.2) is 0 Å². The summed E-state index contributed by atoms with van der Waals surface area (Å²) >= 11 is 0. The molecular formula is C23H29FN2O2. The summed E-state index contributed by atoms with van der Waals surface area (Å²) in [7, 11) is 0. The van der Waals surface area contributed by atoms with Crippen molar-refractivity contribution in [1.82, 2.24) is 4.90 Å². The fourth-order valence-electron chi connectivity index (χ4n) is 3.32. The number of amides is 2. The highest BCUT2D eigenvalue weighted by molar-refractivity contribution is 5.89. The van der Waals surface area contributed by atoms with E-state index in [9.17, 15) is 9.18 Å². The summed E-state index contributed by atoms with van der Waals surface area (Å²) in [5, 5.41) is 2.86. The standard InChI is InChI=1S/C23H29FN2O2/c1-23(2,3)18-8-6-17(7-9-18)15-26(16-21-5-4-14-28-21)22(27)25-20-12-10-19(24)11-13-20/h6-13,21H,4-5,14-16H2,1-3H3,(H,25,27)/t21-/m1/s1. The SMILES string of the molecule is CC(C)(C)c1ccc(CN(C[C@H]2CCCO2)C(=O)Nc2ccc(F)cc2)cc1. The Kier molecular flexibility index (Phi) is 6.35. The van der Waals surface area contributed by atoms with E-state index >= 15 is 0 Å². The smallest absolute Gasteiger partial charge is 0.322 e. The Morgan fingerprint density at radius 2 is 1.82 bits per heavy atom. The van der Waals surface area contributed by atoms with Crippen LogP contribution >= 0.6 is 0 Å². The van der Waals surface area contributed by atoms with Crippen LogP contribution in [-0.4, -0.2) is 30.2 Å². The zero-order valence-electron chi connectivity index (χ0n) is 16.9. The van der Waals surface area contributed by atoms with E-state index in [1.54, 1.807) is 17.0 Å². The highest BCUT2D eigenvalue weighted by atomic mass is 19.1. The van der Waals surface area contributed by atoms with Crippen LogP contribution in [0.4, 0.5) is 14.9 Å². The number of carbonyl (C=O) groups is 1. The molecule has 1 saturated heterocycles. The number of hydrogen-bond donors (Lipinski definition) is 1. The highest BCUT2D eigenvalue weighted by Crippen LogP contribution is 2.23. The van der Waals surface area contributed by atoms with Gasteiger partial charge in [-0.2, -0.15) is 0 Å². The molecule has 0 spiro atoms. The summed E-state index contributed by atoms with van der Waals surface area (Å²) in [6, 6.07) is 14.0. The van der Waals surface area contributed by atoms with Gasteiger partial charge in [0.05, 0.1) is 6.10 Å². The van der Waals surface area contributed by atoms with Crippen molar-refractivity contribution in [3.63, 3.8) is 0 Å². The normalized spacial score (nSPS) is 16.8. The number of carbonyl (C=O) groups excluding carboxylic acids is 1. The van der Waals surface area contributed by atoms with Crippen LogP contribution in [-0.2, 0) is 16.7 Å². The lowest BCUT2D eigenvalue weighted by Gasteiger charge is -2.26. The number of nitrogens with one attached hydrogen (secondary N) is 1. The van der Waals surface area contributed by atoms with E-state index in [0.29, 0.717) is 18.8 Å². The molecule has 2 amide bonds. The van der Waals surface area contributed by atoms with Crippen LogP contribution in [0.3, 0.4) is 0 Å².